The molecule has 118 valence electrons. The van der Waals surface area contributed by atoms with Crippen molar-refractivity contribution < 1.29 is 14.6 Å². The van der Waals surface area contributed by atoms with Crippen molar-refractivity contribution >= 4 is 27.8 Å². The first kappa shape index (κ1) is 15.8. The monoisotopic (exact) mass is 372 g/mol. The molecular formula is C19H17BrO3. The molecule has 0 saturated heterocycles. The predicted molar refractivity (Wildman–Crippen MR) is 94.0 cm³/mol. The topological polar surface area (TPSA) is 46.5 Å². The molecule has 2 aromatic rings. The summed E-state index contributed by atoms with van der Waals surface area (Å²) in [6.07, 6.45) is 3.47. The van der Waals surface area contributed by atoms with E-state index in [9.17, 15) is 9.90 Å². The number of carbonyl (C=O) groups excluding carboxylic acids is 1. The van der Waals surface area contributed by atoms with Gasteiger partial charge in [0, 0.05) is 11.1 Å². The van der Waals surface area contributed by atoms with Gasteiger partial charge in [-0.15, -0.1) is 0 Å². The van der Waals surface area contributed by atoms with Crippen LogP contribution in [-0.4, -0.2) is 17.5 Å². The van der Waals surface area contributed by atoms with E-state index in [4.69, 9.17) is 4.74 Å². The highest BCUT2D eigenvalue weighted by Gasteiger charge is 2.21. The van der Waals surface area contributed by atoms with Crippen molar-refractivity contribution in [3.63, 3.8) is 0 Å². The van der Waals surface area contributed by atoms with Gasteiger partial charge < -0.3 is 9.84 Å². The molecule has 0 saturated carbocycles. The number of ether oxygens (including phenoxy) is 1. The molecule has 0 bridgehead atoms. The number of allylic oxidation sites excluding steroid dienone is 1. The zero-order valence-electron chi connectivity index (χ0n) is 12.8. The standard InChI is InChI=1S/C19H17BrO3/c1-2-23-17-11-12(10-16(20)19(17)22)9-14-8-7-13-5-3-4-6-15(13)18(14)21/h3-6,9-11,22H,2,7-8H2,1H3/b14-9+. The SMILES string of the molecule is CCOc1cc(/C=C2\CCc3ccccc3C2=O)cc(Br)c1O. The van der Waals surface area contributed by atoms with E-state index in [1.165, 1.54) is 0 Å². The molecule has 0 atom stereocenters. The van der Waals surface area contributed by atoms with Crippen LogP contribution in [0.25, 0.3) is 6.08 Å². The molecule has 2 aromatic carbocycles. The van der Waals surface area contributed by atoms with Gasteiger partial charge in [0.05, 0.1) is 11.1 Å². The van der Waals surface area contributed by atoms with Crippen molar-refractivity contribution in [2.45, 2.75) is 19.8 Å². The normalized spacial score (nSPS) is 15.6. The third kappa shape index (κ3) is 3.17. The fraction of sp³-hybridized carbons (Fsp3) is 0.211. The van der Waals surface area contributed by atoms with Crippen molar-refractivity contribution in [1.29, 1.82) is 0 Å². The Morgan fingerprint density at radius 1 is 1.26 bits per heavy atom. The van der Waals surface area contributed by atoms with Crippen molar-refractivity contribution in [2.75, 3.05) is 6.61 Å². The number of rotatable bonds is 3. The number of ketones is 1. The van der Waals surface area contributed by atoms with Crippen molar-refractivity contribution in [3.05, 3.63) is 63.1 Å². The summed E-state index contributed by atoms with van der Waals surface area (Å²) in [4.78, 5) is 12.6. The molecule has 1 N–H and O–H groups in total. The van der Waals surface area contributed by atoms with Gasteiger partial charge in [-0.2, -0.15) is 0 Å². The van der Waals surface area contributed by atoms with Gasteiger partial charge >= 0.3 is 0 Å². The first-order valence-electron chi connectivity index (χ1n) is 7.58. The van der Waals surface area contributed by atoms with Crippen LogP contribution in [0.1, 0.15) is 34.8 Å². The number of fused-ring (bicyclic) bond motifs is 1. The second-order valence-electron chi connectivity index (χ2n) is 5.44. The molecule has 3 nitrogen and oxygen atoms in total. The van der Waals surface area contributed by atoms with Crippen LogP contribution < -0.4 is 4.74 Å². The number of hydrogen-bond acceptors (Lipinski definition) is 3. The first-order valence-corrected chi connectivity index (χ1v) is 8.38. The van der Waals surface area contributed by atoms with Crippen LogP contribution >= 0.6 is 15.9 Å². The largest absolute Gasteiger partial charge is 0.503 e. The van der Waals surface area contributed by atoms with E-state index in [0.717, 1.165) is 35.1 Å². The number of phenolic OH excluding ortho intramolecular Hbond substituents is 1. The van der Waals surface area contributed by atoms with Gasteiger partial charge in [-0.05, 0) is 65.0 Å². The van der Waals surface area contributed by atoms with Gasteiger partial charge in [0.15, 0.2) is 17.3 Å². The van der Waals surface area contributed by atoms with Crippen molar-refractivity contribution in [2.24, 2.45) is 0 Å². The highest BCUT2D eigenvalue weighted by Crippen LogP contribution is 2.37. The summed E-state index contributed by atoms with van der Waals surface area (Å²) in [5, 5.41) is 9.98. The van der Waals surface area contributed by atoms with Gasteiger partial charge in [0.1, 0.15) is 0 Å². The molecule has 0 spiro atoms. The Morgan fingerprint density at radius 2 is 2.04 bits per heavy atom. The van der Waals surface area contributed by atoms with Gasteiger partial charge in [-0.1, -0.05) is 24.3 Å². The van der Waals surface area contributed by atoms with Crippen molar-refractivity contribution in [3.8, 4) is 11.5 Å². The highest BCUT2D eigenvalue weighted by molar-refractivity contribution is 9.10. The molecule has 0 radical (unpaired) electrons. The lowest BCUT2D eigenvalue weighted by Gasteiger charge is -2.17. The van der Waals surface area contributed by atoms with E-state index in [-0.39, 0.29) is 11.5 Å². The van der Waals surface area contributed by atoms with E-state index in [1.807, 2.05) is 37.3 Å². The van der Waals surface area contributed by atoms with Crippen LogP contribution in [0.2, 0.25) is 0 Å². The molecule has 23 heavy (non-hydrogen) atoms. The molecule has 4 heteroatoms. The van der Waals surface area contributed by atoms with Crippen LogP contribution in [0.15, 0.2) is 46.4 Å². The Balaban J connectivity index is 1.98. The molecule has 0 aliphatic heterocycles. The smallest absolute Gasteiger partial charge is 0.189 e. The predicted octanol–water partition coefficient (Wildman–Crippen LogP) is 4.77. The third-order valence-electron chi connectivity index (χ3n) is 3.91. The van der Waals surface area contributed by atoms with Crippen LogP contribution in [0, 0.1) is 0 Å². The maximum atomic E-state index is 12.6. The Hall–Kier alpha value is -2.07. The zero-order valence-corrected chi connectivity index (χ0v) is 14.4. The summed E-state index contributed by atoms with van der Waals surface area (Å²) in [5.74, 6) is 0.570. The minimum atomic E-state index is 0.0778. The lowest BCUT2D eigenvalue weighted by atomic mass is 9.86. The summed E-state index contributed by atoms with van der Waals surface area (Å²) in [6.45, 7) is 2.33. The zero-order chi connectivity index (χ0) is 16.4. The minimum Gasteiger partial charge on any atom is -0.503 e. The third-order valence-corrected chi connectivity index (χ3v) is 4.51. The molecule has 1 aliphatic rings. The lowest BCUT2D eigenvalue weighted by Crippen LogP contribution is -2.13. The average molecular weight is 373 g/mol. The molecule has 0 aromatic heterocycles. The van der Waals surface area contributed by atoms with Gasteiger partial charge in [0.2, 0.25) is 0 Å². The summed E-state index contributed by atoms with van der Waals surface area (Å²) in [5.41, 5.74) is 3.51. The molecular weight excluding hydrogens is 356 g/mol. The average Bonchev–Trinajstić information content (AvgIpc) is 2.55. The van der Waals surface area contributed by atoms with Crippen LogP contribution in [-0.2, 0) is 6.42 Å². The summed E-state index contributed by atoms with van der Waals surface area (Å²) in [7, 11) is 0. The molecule has 0 unspecified atom stereocenters. The number of Topliss-reactive ketones (excluding diaryl/α,β-unsaturated/α-hetero) is 1. The molecule has 0 heterocycles. The van der Waals surface area contributed by atoms with Gasteiger partial charge in [0.25, 0.3) is 0 Å². The fourth-order valence-electron chi connectivity index (χ4n) is 2.80. The number of hydrogen-bond donors (Lipinski definition) is 1. The number of benzene rings is 2. The van der Waals surface area contributed by atoms with E-state index >= 15 is 0 Å². The molecule has 3 rings (SSSR count). The summed E-state index contributed by atoms with van der Waals surface area (Å²) < 4.78 is 5.99. The number of carbonyl (C=O) groups is 1. The van der Waals surface area contributed by atoms with Crippen LogP contribution in [0.5, 0.6) is 11.5 Å². The maximum absolute atomic E-state index is 12.6. The Morgan fingerprint density at radius 3 is 2.83 bits per heavy atom. The molecule has 0 amide bonds. The second kappa shape index (κ2) is 6.59. The summed E-state index contributed by atoms with van der Waals surface area (Å²) >= 11 is 3.33. The van der Waals surface area contributed by atoms with Crippen LogP contribution in [0.4, 0.5) is 0 Å². The lowest BCUT2D eigenvalue weighted by molar-refractivity contribution is 0.102. The Labute approximate surface area is 143 Å². The van der Waals surface area contributed by atoms with E-state index in [0.29, 0.717) is 16.8 Å². The number of aryl methyl sites for hydroxylation is 1. The fourth-order valence-corrected chi connectivity index (χ4v) is 3.26. The van der Waals surface area contributed by atoms with E-state index in [1.54, 1.807) is 12.1 Å². The number of phenols is 1. The van der Waals surface area contributed by atoms with Gasteiger partial charge in [-0.25, -0.2) is 0 Å². The number of aromatic hydroxyl groups is 1. The van der Waals surface area contributed by atoms with E-state index < -0.39 is 0 Å². The first-order chi connectivity index (χ1) is 11.1. The number of halogens is 1. The Bertz CT molecular complexity index is 793. The minimum absolute atomic E-state index is 0.0778. The maximum Gasteiger partial charge on any atom is 0.189 e. The molecule has 0 fully saturated rings. The van der Waals surface area contributed by atoms with Gasteiger partial charge in [-0.3, -0.25) is 4.79 Å². The Kier molecular flexibility index (Phi) is 4.53. The quantitative estimate of drug-likeness (QED) is 0.789. The summed E-state index contributed by atoms with van der Waals surface area (Å²) in [6, 6.07) is 11.3. The van der Waals surface area contributed by atoms with Crippen LogP contribution in [0.3, 0.4) is 0 Å². The second-order valence-corrected chi connectivity index (χ2v) is 6.29. The molecule has 1 aliphatic carbocycles. The highest BCUT2D eigenvalue weighted by atomic mass is 79.9. The van der Waals surface area contributed by atoms with E-state index in [2.05, 4.69) is 15.9 Å². The van der Waals surface area contributed by atoms with Crippen molar-refractivity contribution in [1.82, 2.24) is 0 Å².